The molecule has 1 saturated carbocycles. The lowest BCUT2D eigenvalue weighted by Crippen LogP contribution is -2.16. The Morgan fingerprint density at radius 1 is 1.47 bits per heavy atom. The summed E-state index contributed by atoms with van der Waals surface area (Å²) in [5.41, 5.74) is 9.25. The maximum absolute atomic E-state index is 5.78. The zero-order valence-electron chi connectivity index (χ0n) is 9.83. The molecule has 4 heteroatoms. The molecule has 1 fully saturated rings. The molecule has 1 aromatic rings. The first-order chi connectivity index (χ1) is 8.24. The van der Waals surface area contributed by atoms with Crippen LogP contribution in [0.5, 0.6) is 0 Å². The molecule has 3 N–H and O–H groups in total. The van der Waals surface area contributed by atoms with Crippen LogP contribution in [0.2, 0.25) is 0 Å². The number of aryl methyl sites for hydroxylation is 2. The number of rotatable bonds is 4. The van der Waals surface area contributed by atoms with Crippen LogP contribution >= 0.6 is 12.2 Å². The number of nitrogens with zero attached hydrogens (tertiary/aromatic N) is 1. The highest BCUT2D eigenvalue weighted by Gasteiger charge is 2.22. The van der Waals surface area contributed by atoms with Crippen LogP contribution in [0.25, 0.3) is 0 Å². The van der Waals surface area contributed by atoms with Crippen molar-refractivity contribution in [2.24, 2.45) is 11.7 Å². The van der Waals surface area contributed by atoms with E-state index in [0.717, 1.165) is 36.7 Å². The Balaban J connectivity index is 1.89. The third kappa shape index (κ3) is 2.27. The van der Waals surface area contributed by atoms with E-state index in [1.807, 2.05) is 0 Å². The van der Waals surface area contributed by atoms with Crippen molar-refractivity contribution < 1.29 is 0 Å². The van der Waals surface area contributed by atoms with Crippen LogP contribution in [0, 0.1) is 5.92 Å². The van der Waals surface area contributed by atoms with Crippen molar-refractivity contribution in [3.63, 3.8) is 0 Å². The zero-order chi connectivity index (χ0) is 11.8. The SMILES string of the molecule is NC(=S)c1cc2c(nc1NCC1CC1)CCC2. The van der Waals surface area contributed by atoms with E-state index in [1.54, 1.807) is 0 Å². The highest BCUT2D eigenvalue weighted by atomic mass is 32.1. The lowest BCUT2D eigenvalue weighted by atomic mass is 10.1. The second-order valence-electron chi connectivity index (χ2n) is 5.03. The summed E-state index contributed by atoms with van der Waals surface area (Å²) in [5.74, 6) is 1.72. The van der Waals surface area contributed by atoms with E-state index in [4.69, 9.17) is 22.9 Å². The van der Waals surface area contributed by atoms with Gasteiger partial charge < -0.3 is 11.1 Å². The van der Waals surface area contributed by atoms with E-state index in [1.165, 1.54) is 30.5 Å². The summed E-state index contributed by atoms with van der Waals surface area (Å²) < 4.78 is 0. The van der Waals surface area contributed by atoms with Gasteiger partial charge in [-0.25, -0.2) is 4.98 Å². The summed E-state index contributed by atoms with van der Waals surface area (Å²) in [5, 5.41) is 3.41. The summed E-state index contributed by atoms with van der Waals surface area (Å²) in [6.45, 7) is 1.00. The first-order valence-electron chi connectivity index (χ1n) is 6.30. The largest absolute Gasteiger partial charge is 0.389 e. The maximum atomic E-state index is 5.78. The lowest BCUT2D eigenvalue weighted by molar-refractivity contribution is 0.875. The molecule has 0 aliphatic heterocycles. The van der Waals surface area contributed by atoms with E-state index in [9.17, 15) is 0 Å². The molecule has 0 saturated heterocycles. The summed E-state index contributed by atoms with van der Waals surface area (Å²) in [6, 6.07) is 2.13. The Bertz CT molecular complexity index is 466. The molecule has 1 aromatic heterocycles. The topological polar surface area (TPSA) is 50.9 Å². The van der Waals surface area contributed by atoms with Crippen LogP contribution in [0.15, 0.2) is 6.07 Å². The second kappa shape index (κ2) is 4.26. The number of aromatic nitrogens is 1. The zero-order valence-corrected chi connectivity index (χ0v) is 10.6. The van der Waals surface area contributed by atoms with Crippen molar-refractivity contribution in [1.29, 1.82) is 0 Å². The highest BCUT2D eigenvalue weighted by Crippen LogP contribution is 2.30. The normalized spacial score (nSPS) is 17.9. The van der Waals surface area contributed by atoms with Gasteiger partial charge in [-0.3, -0.25) is 0 Å². The van der Waals surface area contributed by atoms with Gasteiger partial charge in [-0.15, -0.1) is 0 Å². The van der Waals surface area contributed by atoms with Gasteiger partial charge in [0.1, 0.15) is 10.8 Å². The molecular formula is C13H17N3S. The first kappa shape index (κ1) is 11.0. The highest BCUT2D eigenvalue weighted by molar-refractivity contribution is 7.80. The number of hydrogen-bond donors (Lipinski definition) is 2. The third-order valence-corrected chi connectivity index (χ3v) is 3.79. The summed E-state index contributed by atoms with van der Waals surface area (Å²) >= 11 is 5.11. The van der Waals surface area contributed by atoms with Crippen molar-refractivity contribution in [3.8, 4) is 0 Å². The number of thiocarbonyl (C=S) groups is 1. The summed E-state index contributed by atoms with van der Waals surface area (Å²) in [6.07, 6.45) is 6.07. The molecule has 0 spiro atoms. The summed E-state index contributed by atoms with van der Waals surface area (Å²) in [7, 11) is 0. The Kier molecular flexibility index (Phi) is 2.74. The lowest BCUT2D eigenvalue weighted by Gasteiger charge is -2.12. The van der Waals surface area contributed by atoms with E-state index in [2.05, 4.69) is 11.4 Å². The van der Waals surface area contributed by atoms with E-state index in [0.29, 0.717) is 4.99 Å². The number of hydrogen-bond acceptors (Lipinski definition) is 3. The molecule has 2 aliphatic rings. The van der Waals surface area contributed by atoms with Crippen molar-refractivity contribution in [1.82, 2.24) is 4.98 Å². The van der Waals surface area contributed by atoms with Gasteiger partial charge in [-0.1, -0.05) is 12.2 Å². The van der Waals surface area contributed by atoms with Crippen LogP contribution in [0.1, 0.15) is 36.1 Å². The van der Waals surface area contributed by atoms with Crippen LogP contribution in [-0.2, 0) is 12.8 Å². The fourth-order valence-corrected chi connectivity index (χ4v) is 2.51. The molecule has 3 nitrogen and oxygen atoms in total. The number of fused-ring (bicyclic) bond motifs is 1. The Labute approximate surface area is 107 Å². The average Bonchev–Trinajstić information content (AvgIpc) is 3.02. The van der Waals surface area contributed by atoms with Gasteiger partial charge in [0.2, 0.25) is 0 Å². The molecule has 0 atom stereocenters. The number of nitrogens with one attached hydrogen (secondary N) is 1. The van der Waals surface area contributed by atoms with Crippen LogP contribution in [-0.4, -0.2) is 16.5 Å². The van der Waals surface area contributed by atoms with Crippen LogP contribution in [0.4, 0.5) is 5.82 Å². The molecule has 2 aliphatic carbocycles. The Hall–Kier alpha value is -1.16. The molecule has 0 unspecified atom stereocenters. The minimum atomic E-state index is 0.450. The van der Waals surface area contributed by atoms with Crippen molar-refractivity contribution in [2.45, 2.75) is 32.1 Å². The van der Waals surface area contributed by atoms with Gasteiger partial charge in [0, 0.05) is 12.2 Å². The van der Waals surface area contributed by atoms with Crippen LogP contribution < -0.4 is 11.1 Å². The quantitative estimate of drug-likeness (QED) is 0.799. The van der Waals surface area contributed by atoms with Crippen molar-refractivity contribution >= 4 is 23.0 Å². The van der Waals surface area contributed by atoms with E-state index >= 15 is 0 Å². The minimum Gasteiger partial charge on any atom is -0.389 e. The maximum Gasteiger partial charge on any atom is 0.136 e. The standard InChI is InChI=1S/C13H17N3S/c14-12(17)10-6-9-2-1-3-11(9)16-13(10)15-7-8-4-5-8/h6,8H,1-5,7H2,(H2,14,17)(H,15,16). The van der Waals surface area contributed by atoms with E-state index in [-0.39, 0.29) is 0 Å². The van der Waals surface area contributed by atoms with Gasteiger partial charge in [-0.05, 0) is 49.7 Å². The summed E-state index contributed by atoms with van der Waals surface area (Å²) in [4.78, 5) is 5.15. The smallest absolute Gasteiger partial charge is 0.136 e. The molecule has 17 heavy (non-hydrogen) atoms. The molecule has 0 aromatic carbocycles. The molecule has 90 valence electrons. The van der Waals surface area contributed by atoms with Gasteiger partial charge in [0.15, 0.2) is 0 Å². The minimum absolute atomic E-state index is 0.450. The molecule has 0 radical (unpaired) electrons. The van der Waals surface area contributed by atoms with Gasteiger partial charge >= 0.3 is 0 Å². The molecule has 0 bridgehead atoms. The Morgan fingerprint density at radius 2 is 2.29 bits per heavy atom. The van der Waals surface area contributed by atoms with Crippen LogP contribution in [0.3, 0.4) is 0 Å². The van der Waals surface area contributed by atoms with E-state index < -0.39 is 0 Å². The molecule has 3 rings (SSSR count). The fourth-order valence-electron chi connectivity index (χ4n) is 2.36. The van der Waals surface area contributed by atoms with Gasteiger partial charge in [0.05, 0.1) is 5.56 Å². The fraction of sp³-hybridized carbons (Fsp3) is 0.538. The number of anilines is 1. The van der Waals surface area contributed by atoms with Gasteiger partial charge in [0.25, 0.3) is 0 Å². The average molecular weight is 247 g/mol. The second-order valence-corrected chi connectivity index (χ2v) is 5.47. The molecule has 0 amide bonds. The predicted octanol–water partition coefficient (Wildman–Crippen LogP) is 2.03. The Morgan fingerprint density at radius 3 is 3.00 bits per heavy atom. The van der Waals surface area contributed by atoms with Gasteiger partial charge in [-0.2, -0.15) is 0 Å². The first-order valence-corrected chi connectivity index (χ1v) is 6.71. The van der Waals surface area contributed by atoms with Crippen molar-refractivity contribution in [3.05, 3.63) is 22.9 Å². The number of nitrogens with two attached hydrogens (primary N) is 1. The third-order valence-electron chi connectivity index (χ3n) is 3.57. The molecule has 1 heterocycles. The predicted molar refractivity (Wildman–Crippen MR) is 73.4 cm³/mol. The van der Waals surface area contributed by atoms with Crippen molar-refractivity contribution in [2.75, 3.05) is 11.9 Å². The molecular weight excluding hydrogens is 230 g/mol. The number of pyridine rings is 1. The monoisotopic (exact) mass is 247 g/mol.